The molecule has 0 aliphatic heterocycles. The van der Waals surface area contributed by atoms with Gasteiger partial charge < -0.3 is 15.0 Å². The summed E-state index contributed by atoms with van der Waals surface area (Å²) in [5.41, 5.74) is 1.91. The summed E-state index contributed by atoms with van der Waals surface area (Å²) in [6.45, 7) is 5.18. The number of pyridine rings is 1. The minimum atomic E-state index is -0.346. The standard InChI is InChI=1S/C22H26N4O3/c1-16(2)26(15-17-9-5-4-6-10-17)22(28)19-18-11-7-8-13-25(18)20(24-19)21(27)23-12-14-29-3/h4-11,13,16H,12,14-15H2,1-3H3,(H,23,27). The van der Waals surface area contributed by atoms with E-state index in [0.717, 1.165) is 5.56 Å². The van der Waals surface area contributed by atoms with Crippen molar-refractivity contribution in [2.75, 3.05) is 20.3 Å². The molecular weight excluding hydrogens is 368 g/mol. The maximum atomic E-state index is 13.4. The number of methoxy groups -OCH3 is 1. The van der Waals surface area contributed by atoms with Crippen molar-refractivity contribution in [1.82, 2.24) is 19.6 Å². The second kappa shape index (κ2) is 9.34. The van der Waals surface area contributed by atoms with Crippen LogP contribution in [-0.4, -0.2) is 52.4 Å². The number of rotatable bonds is 8. The van der Waals surface area contributed by atoms with Crippen LogP contribution in [0.25, 0.3) is 5.52 Å². The summed E-state index contributed by atoms with van der Waals surface area (Å²) in [4.78, 5) is 32.2. The van der Waals surface area contributed by atoms with E-state index in [9.17, 15) is 9.59 Å². The number of fused-ring (bicyclic) bond motifs is 1. The highest BCUT2D eigenvalue weighted by Gasteiger charge is 2.26. The van der Waals surface area contributed by atoms with Crippen molar-refractivity contribution in [2.24, 2.45) is 0 Å². The molecule has 7 heteroatoms. The molecular formula is C22H26N4O3. The lowest BCUT2D eigenvalue weighted by Crippen LogP contribution is -2.36. The summed E-state index contributed by atoms with van der Waals surface area (Å²) in [6, 6.07) is 15.2. The van der Waals surface area contributed by atoms with Gasteiger partial charge in [0.05, 0.1) is 12.1 Å². The number of benzene rings is 1. The summed E-state index contributed by atoms with van der Waals surface area (Å²) in [5.74, 6) is -0.367. The first-order valence-corrected chi connectivity index (χ1v) is 9.62. The van der Waals surface area contributed by atoms with Gasteiger partial charge in [-0.15, -0.1) is 0 Å². The van der Waals surface area contributed by atoms with E-state index in [1.807, 2.05) is 50.2 Å². The van der Waals surface area contributed by atoms with Gasteiger partial charge in [0.1, 0.15) is 0 Å². The number of amides is 2. The molecule has 2 heterocycles. The molecule has 2 amide bonds. The molecule has 0 fully saturated rings. The molecule has 0 atom stereocenters. The average molecular weight is 394 g/mol. The third kappa shape index (κ3) is 4.63. The topological polar surface area (TPSA) is 75.9 Å². The Kier molecular flexibility index (Phi) is 6.61. The fourth-order valence-electron chi connectivity index (χ4n) is 3.11. The number of ether oxygens (including phenoxy) is 1. The molecule has 0 spiro atoms. The van der Waals surface area contributed by atoms with E-state index in [-0.39, 0.29) is 29.4 Å². The van der Waals surface area contributed by atoms with Crippen molar-refractivity contribution in [3.8, 4) is 0 Å². The Hall–Kier alpha value is -3.19. The first-order valence-electron chi connectivity index (χ1n) is 9.62. The number of aromatic nitrogens is 2. The Morgan fingerprint density at radius 3 is 2.55 bits per heavy atom. The minimum Gasteiger partial charge on any atom is -0.383 e. The zero-order valence-electron chi connectivity index (χ0n) is 17.0. The quantitative estimate of drug-likeness (QED) is 0.596. The zero-order valence-corrected chi connectivity index (χ0v) is 17.0. The van der Waals surface area contributed by atoms with E-state index in [1.54, 1.807) is 34.7 Å². The van der Waals surface area contributed by atoms with Crippen molar-refractivity contribution in [1.29, 1.82) is 0 Å². The Morgan fingerprint density at radius 1 is 1.14 bits per heavy atom. The second-order valence-corrected chi connectivity index (χ2v) is 7.00. The highest BCUT2D eigenvalue weighted by Crippen LogP contribution is 2.18. The molecule has 2 aromatic heterocycles. The van der Waals surface area contributed by atoms with Gasteiger partial charge in [0.25, 0.3) is 11.8 Å². The average Bonchev–Trinajstić information content (AvgIpc) is 3.12. The van der Waals surface area contributed by atoms with Gasteiger partial charge in [0, 0.05) is 32.4 Å². The molecule has 0 aliphatic carbocycles. The molecule has 0 radical (unpaired) electrons. The van der Waals surface area contributed by atoms with Crippen LogP contribution in [0.4, 0.5) is 0 Å². The van der Waals surface area contributed by atoms with Crippen molar-refractivity contribution >= 4 is 17.3 Å². The number of hydrogen-bond acceptors (Lipinski definition) is 4. The van der Waals surface area contributed by atoms with Gasteiger partial charge >= 0.3 is 0 Å². The van der Waals surface area contributed by atoms with E-state index in [4.69, 9.17) is 4.74 Å². The number of nitrogens with zero attached hydrogens (tertiary/aromatic N) is 3. The molecule has 1 N–H and O–H groups in total. The van der Waals surface area contributed by atoms with E-state index in [0.29, 0.717) is 25.2 Å². The van der Waals surface area contributed by atoms with Crippen molar-refractivity contribution in [3.63, 3.8) is 0 Å². The molecule has 0 aliphatic rings. The van der Waals surface area contributed by atoms with Crippen LogP contribution in [0.5, 0.6) is 0 Å². The van der Waals surface area contributed by atoms with Crippen molar-refractivity contribution in [2.45, 2.75) is 26.4 Å². The number of carbonyl (C=O) groups is 2. The minimum absolute atomic E-state index is 0.0258. The van der Waals surface area contributed by atoms with Gasteiger partial charge in [-0.25, -0.2) is 4.98 Å². The van der Waals surface area contributed by atoms with E-state index < -0.39 is 0 Å². The number of carbonyl (C=O) groups excluding carboxylic acids is 2. The maximum Gasteiger partial charge on any atom is 0.287 e. The van der Waals surface area contributed by atoms with Gasteiger partial charge in [-0.05, 0) is 31.5 Å². The normalized spacial score (nSPS) is 11.0. The van der Waals surface area contributed by atoms with E-state index in [2.05, 4.69) is 10.3 Å². The highest BCUT2D eigenvalue weighted by atomic mass is 16.5. The summed E-state index contributed by atoms with van der Waals surface area (Å²) in [6.07, 6.45) is 1.74. The lowest BCUT2D eigenvalue weighted by atomic mass is 10.1. The number of hydrogen-bond donors (Lipinski definition) is 1. The van der Waals surface area contributed by atoms with Gasteiger partial charge in [-0.2, -0.15) is 0 Å². The monoisotopic (exact) mass is 394 g/mol. The Labute approximate surface area is 170 Å². The molecule has 0 bridgehead atoms. The second-order valence-electron chi connectivity index (χ2n) is 7.00. The zero-order chi connectivity index (χ0) is 20.8. The van der Waals surface area contributed by atoms with Crippen molar-refractivity contribution in [3.05, 3.63) is 71.8 Å². The lowest BCUT2D eigenvalue weighted by Gasteiger charge is -2.26. The fourth-order valence-corrected chi connectivity index (χ4v) is 3.11. The van der Waals surface area contributed by atoms with Gasteiger partial charge in [-0.1, -0.05) is 36.4 Å². The fraction of sp³-hybridized carbons (Fsp3) is 0.318. The van der Waals surface area contributed by atoms with Gasteiger partial charge in [0.15, 0.2) is 5.69 Å². The molecule has 0 saturated carbocycles. The summed E-state index contributed by atoms with van der Waals surface area (Å²) < 4.78 is 6.62. The van der Waals surface area contributed by atoms with Crippen molar-refractivity contribution < 1.29 is 14.3 Å². The number of imidazole rings is 1. The van der Waals surface area contributed by atoms with Crippen LogP contribution in [0.3, 0.4) is 0 Å². The third-order valence-corrected chi connectivity index (χ3v) is 4.63. The van der Waals surface area contributed by atoms with Crippen LogP contribution in [0, 0.1) is 0 Å². The van der Waals surface area contributed by atoms with Crippen LogP contribution >= 0.6 is 0 Å². The largest absolute Gasteiger partial charge is 0.383 e. The molecule has 7 nitrogen and oxygen atoms in total. The van der Waals surface area contributed by atoms with Gasteiger partial charge in [-0.3, -0.25) is 14.0 Å². The molecule has 0 saturated heterocycles. The van der Waals surface area contributed by atoms with Gasteiger partial charge in [0.2, 0.25) is 5.82 Å². The molecule has 3 aromatic rings. The highest BCUT2D eigenvalue weighted by molar-refractivity contribution is 6.02. The van der Waals surface area contributed by atoms with Crippen LogP contribution in [0.1, 0.15) is 40.5 Å². The van der Waals surface area contributed by atoms with Crippen LogP contribution < -0.4 is 5.32 Å². The first kappa shape index (κ1) is 20.5. The van der Waals surface area contributed by atoms with Crippen LogP contribution in [-0.2, 0) is 11.3 Å². The van der Waals surface area contributed by atoms with Crippen LogP contribution in [0.2, 0.25) is 0 Å². The third-order valence-electron chi connectivity index (χ3n) is 4.63. The number of nitrogens with one attached hydrogen (secondary N) is 1. The molecule has 0 unspecified atom stereocenters. The predicted molar refractivity (Wildman–Crippen MR) is 111 cm³/mol. The molecule has 29 heavy (non-hydrogen) atoms. The smallest absolute Gasteiger partial charge is 0.287 e. The summed E-state index contributed by atoms with van der Waals surface area (Å²) >= 11 is 0. The summed E-state index contributed by atoms with van der Waals surface area (Å²) in [7, 11) is 1.57. The Bertz CT molecular complexity index is 982. The molecule has 152 valence electrons. The Morgan fingerprint density at radius 2 is 1.86 bits per heavy atom. The lowest BCUT2D eigenvalue weighted by molar-refractivity contribution is 0.0687. The van der Waals surface area contributed by atoms with E-state index >= 15 is 0 Å². The maximum absolute atomic E-state index is 13.4. The molecule has 1 aromatic carbocycles. The van der Waals surface area contributed by atoms with E-state index in [1.165, 1.54) is 0 Å². The first-order chi connectivity index (χ1) is 14.0. The summed E-state index contributed by atoms with van der Waals surface area (Å²) in [5, 5.41) is 2.76. The predicted octanol–water partition coefficient (Wildman–Crippen LogP) is 2.76. The SMILES string of the molecule is COCCNC(=O)c1nc(C(=O)N(Cc2ccccc2)C(C)C)c2ccccn12. The van der Waals surface area contributed by atoms with Crippen LogP contribution in [0.15, 0.2) is 54.7 Å². The Balaban J connectivity index is 1.95. The molecule has 3 rings (SSSR count).